The van der Waals surface area contributed by atoms with E-state index in [1.54, 1.807) is 0 Å². The minimum absolute atomic E-state index is 0.264. The summed E-state index contributed by atoms with van der Waals surface area (Å²) in [6.07, 6.45) is 1.60. The molecule has 0 amide bonds. The van der Waals surface area contributed by atoms with Crippen molar-refractivity contribution in [3.8, 4) is 0 Å². The van der Waals surface area contributed by atoms with Crippen LogP contribution in [0.3, 0.4) is 0 Å². The molecule has 1 aromatic carbocycles. The van der Waals surface area contributed by atoms with Gasteiger partial charge in [0.25, 0.3) is 0 Å². The third-order valence-corrected chi connectivity index (χ3v) is 2.88. The van der Waals surface area contributed by atoms with Crippen molar-refractivity contribution in [1.82, 2.24) is 0 Å². The van der Waals surface area contributed by atoms with Crippen LogP contribution in [0, 0.1) is 0 Å². The quantitative estimate of drug-likeness (QED) is 0.820. The van der Waals surface area contributed by atoms with Gasteiger partial charge in [0, 0.05) is 12.5 Å². The molecular weight excluding hydrogens is 188 g/mol. The van der Waals surface area contributed by atoms with Gasteiger partial charge in [-0.05, 0) is 30.9 Å². The SMILES string of the molecule is CC(O)Cc1cccc(C2CCOC2)c1. The molecule has 2 atom stereocenters. The summed E-state index contributed by atoms with van der Waals surface area (Å²) >= 11 is 0. The van der Waals surface area contributed by atoms with Crippen LogP contribution in [-0.2, 0) is 11.2 Å². The number of ether oxygens (including phenoxy) is 1. The van der Waals surface area contributed by atoms with Crippen LogP contribution >= 0.6 is 0 Å². The van der Waals surface area contributed by atoms with Gasteiger partial charge in [0.15, 0.2) is 0 Å². The first-order chi connectivity index (χ1) is 7.25. The minimum Gasteiger partial charge on any atom is -0.393 e. The Morgan fingerprint density at radius 3 is 3.07 bits per heavy atom. The van der Waals surface area contributed by atoms with Gasteiger partial charge in [-0.15, -0.1) is 0 Å². The molecule has 2 unspecified atom stereocenters. The van der Waals surface area contributed by atoms with Gasteiger partial charge in [0.05, 0.1) is 12.7 Å². The molecule has 2 nitrogen and oxygen atoms in total. The highest BCUT2D eigenvalue weighted by molar-refractivity contribution is 5.27. The van der Waals surface area contributed by atoms with Crippen molar-refractivity contribution in [2.24, 2.45) is 0 Å². The monoisotopic (exact) mass is 206 g/mol. The summed E-state index contributed by atoms with van der Waals surface area (Å²) in [7, 11) is 0. The molecule has 0 bridgehead atoms. The second-order valence-corrected chi connectivity index (χ2v) is 4.36. The van der Waals surface area contributed by atoms with Crippen molar-refractivity contribution in [3.05, 3.63) is 35.4 Å². The number of hydrogen-bond acceptors (Lipinski definition) is 2. The van der Waals surface area contributed by atoms with E-state index in [0.29, 0.717) is 5.92 Å². The molecule has 0 aromatic heterocycles. The van der Waals surface area contributed by atoms with Crippen LogP contribution in [-0.4, -0.2) is 24.4 Å². The number of rotatable bonds is 3. The molecule has 0 saturated carbocycles. The van der Waals surface area contributed by atoms with Crippen LogP contribution < -0.4 is 0 Å². The maximum atomic E-state index is 9.34. The van der Waals surface area contributed by atoms with Gasteiger partial charge in [-0.3, -0.25) is 0 Å². The van der Waals surface area contributed by atoms with Gasteiger partial charge in [-0.25, -0.2) is 0 Å². The summed E-state index contributed by atoms with van der Waals surface area (Å²) in [5.41, 5.74) is 2.57. The van der Waals surface area contributed by atoms with Gasteiger partial charge >= 0.3 is 0 Å². The summed E-state index contributed by atoms with van der Waals surface area (Å²) in [5, 5.41) is 9.34. The van der Waals surface area contributed by atoms with Crippen LogP contribution in [0.5, 0.6) is 0 Å². The molecule has 82 valence electrons. The summed E-state index contributed by atoms with van der Waals surface area (Å²) < 4.78 is 5.38. The Hall–Kier alpha value is -0.860. The largest absolute Gasteiger partial charge is 0.393 e. The van der Waals surface area contributed by atoms with Gasteiger partial charge in [0.1, 0.15) is 0 Å². The van der Waals surface area contributed by atoms with Gasteiger partial charge < -0.3 is 9.84 Å². The average Bonchev–Trinajstić information content (AvgIpc) is 2.69. The molecule has 1 fully saturated rings. The van der Waals surface area contributed by atoms with Crippen LogP contribution in [0.4, 0.5) is 0 Å². The summed E-state index contributed by atoms with van der Waals surface area (Å²) in [5.74, 6) is 0.555. The van der Waals surface area contributed by atoms with E-state index in [1.165, 1.54) is 11.1 Å². The van der Waals surface area contributed by atoms with E-state index < -0.39 is 0 Å². The standard InChI is InChI=1S/C13H18O2/c1-10(14)7-11-3-2-4-12(8-11)13-5-6-15-9-13/h2-4,8,10,13-14H,5-7,9H2,1H3. The van der Waals surface area contributed by atoms with E-state index in [0.717, 1.165) is 26.1 Å². The fraction of sp³-hybridized carbons (Fsp3) is 0.538. The number of aliphatic hydroxyl groups is 1. The fourth-order valence-electron chi connectivity index (χ4n) is 2.11. The Balaban J connectivity index is 2.11. The maximum absolute atomic E-state index is 9.34. The highest BCUT2D eigenvalue weighted by atomic mass is 16.5. The third-order valence-electron chi connectivity index (χ3n) is 2.88. The van der Waals surface area contributed by atoms with E-state index in [9.17, 15) is 5.11 Å². The number of benzene rings is 1. The van der Waals surface area contributed by atoms with E-state index in [4.69, 9.17) is 4.74 Å². The summed E-state index contributed by atoms with van der Waals surface area (Å²) in [4.78, 5) is 0. The lowest BCUT2D eigenvalue weighted by Gasteiger charge is -2.10. The molecule has 1 aromatic rings. The number of aliphatic hydroxyl groups excluding tert-OH is 1. The maximum Gasteiger partial charge on any atom is 0.0552 e. The second-order valence-electron chi connectivity index (χ2n) is 4.36. The molecule has 1 aliphatic rings. The molecule has 1 aliphatic heterocycles. The Labute approximate surface area is 90.9 Å². The first-order valence-electron chi connectivity index (χ1n) is 5.60. The van der Waals surface area contributed by atoms with Gasteiger partial charge in [-0.2, -0.15) is 0 Å². The molecule has 1 N–H and O–H groups in total. The van der Waals surface area contributed by atoms with Crippen LogP contribution in [0.2, 0.25) is 0 Å². The summed E-state index contributed by atoms with van der Waals surface area (Å²) in [6.45, 7) is 3.55. The molecule has 2 heteroatoms. The summed E-state index contributed by atoms with van der Waals surface area (Å²) in [6, 6.07) is 8.51. The Kier molecular flexibility index (Phi) is 3.39. The predicted octanol–water partition coefficient (Wildman–Crippen LogP) is 2.11. The molecule has 1 heterocycles. The first-order valence-corrected chi connectivity index (χ1v) is 5.60. The van der Waals surface area contributed by atoms with E-state index in [1.807, 2.05) is 6.92 Å². The highest BCUT2D eigenvalue weighted by Crippen LogP contribution is 2.25. The van der Waals surface area contributed by atoms with Crippen molar-refractivity contribution in [2.75, 3.05) is 13.2 Å². The van der Waals surface area contributed by atoms with Crippen molar-refractivity contribution < 1.29 is 9.84 Å². The lowest BCUT2D eigenvalue weighted by Crippen LogP contribution is -2.05. The highest BCUT2D eigenvalue weighted by Gasteiger charge is 2.17. The van der Waals surface area contributed by atoms with Crippen molar-refractivity contribution >= 4 is 0 Å². The molecule has 0 spiro atoms. The zero-order valence-electron chi connectivity index (χ0n) is 9.15. The van der Waals surface area contributed by atoms with E-state index >= 15 is 0 Å². The Morgan fingerprint density at radius 2 is 2.40 bits per heavy atom. The first kappa shape index (κ1) is 10.7. The Bertz CT molecular complexity index is 314. The molecule has 1 saturated heterocycles. The Morgan fingerprint density at radius 1 is 1.53 bits per heavy atom. The molecule has 0 radical (unpaired) electrons. The van der Waals surface area contributed by atoms with Crippen molar-refractivity contribution in [2.45, 2.75) is 31.8 Å². The average molecular weight is 206 g/mol. The zero-order chi connectivity index (χ0) is 10.7. The molecular formula is C13H18O2. The number of hydrogen-bond donors (Lipinski definition) is 1. The van der Waals surface area contributed by atoms with E-state index in [-0.39, 0.29) is 6.10 Å². The lowest BCUT2D eigenvalue weighted by molar-refractivity contribution is 0.193. The normalized spacial score (nSPS) is 22.9. The smallest absolute Gasteiger partial charge is 0.0552 e. The van der Waals surface area contributed by atoms with Crippen LogP contribution in [0.15, 0.2) is 24.3 Å². The van der Waals surface area contributed by atoms with E-state index in [2.05, 4.69) is 24.3 Å². The van der Waals surface area contributed by atoms with Gasteiger partial charge in [-0.1, -0.05) is 24.3 Å². The topological polar surface area (TPSA) is 29.5 Å². The van der Waals surface area contributed by atoms with Crippen LogP contribution in [0.25, 0.3) is 0 Å². The molecule has 15 heavy (non-hydrogen) atoms. The molecule has 0 aliphatic carbocycles. The minimum atomic E-state index is -0.264. The van der Waals surface area contributed by atoms with Crippen molar-refractivity contribution in [3.63, 3.8) is 0 Å². The molecule has 2 rings (SSSR count). The van der Waals surface area contributed by atoms with Crippen LogP contribution in [0.1, 0.15) is 30.4 Å². The second kappa shape index (κ2) is 4.77. The van der Waals surface area contributed by atoms with Gasteiger partial charge in [0.2, 0.25) is 0 Å². The van der Waals surface area contributed by atoms with Crippen molar-refractivity contribution in [1.29, 1.82) is 0 Å². The third kappa shape index (κ3) is 2.80. The lowest BCUT2D eigenvalue weighted by atomic mass is 9.95. The zero-order valence-corrected chi connectivity index (χ0v) is 9.15. The fourth-order valence-corrected chi connectivity index (χ4v) is 2.11. The predicted molar refractivity (Wildman–Crippen MR) is 60.0 cm³/mol.